The molecule has 0 unspecified atom stereocenters. The Kier molecular flexibility index (Phi) is 9.11. The van der Waals surface area contributed by atoms with Crippen LogP contribution in [0.4, 0.5) is 0 Å². The van der Waals surface area contributed by atoms with Crippen molar-refractivity contribution < 1.29 is 23.9 Å². The zero-order chi connectivity index (χ0) is 21.9. The Morgan fingerprint density at radius 3 is 2.53 bits per heavy atom. The molecule has 2 N–H and O–H groups in total. The van der Waals surface area contributed by atoms with Crippen molar-refractivity contribution in [3.8, 4) is 11.5 Å². The fourth-order valence-electron chi connectivity index (χ4n) is 2.78. The number of hydrogen-bond acceptors (Lipinski definition) is 6. The van der Waals surface area contributed by atoms with Crippen molar-refractivity contribution >= 4 is 23.9 Å². The zero-order valence-corrected chi connectivity index (χ0v) is 17.8. The van der Waals surface area contributed by atoms with E-state index < -0.39 is 11.8 Å². The first kappa shape index (κ1) is 23.2. The SMILES string of the molecule is CCOc1cc(/C=N\NC(=O)C(=O)NCC(C)C)ccc1OCC(=O)N1CCCC1. The molecule has 2 rings (SSSR count). The highest BCUT2D eigenvalue weighted by molar-refractivity contribution is 6.35. The molecule has 0 radical (unpaired) electrons. The number of hydrogen-bond donors (Lipinski definition) is 2. The van der Waals surface area contributed by atoms with Gasteiger partial charge < -0.3 is 19.7 Å². The van der Waals surface area contributed by atoms with Crippen LogP contribution in [0.5, 0.6) is 11.5 Å². The standard InChI is InChI=1S/C21H30N4O5/c1-4-29-18-11-16(13-23-24-21(28)20(27)22-12-15(2)3)7-8-17(18)30-14-19(26)25-9-5-6-10-25/h7-8,11,13,15H,4-6,9-10,12,14H2,1-3H3,(H,22,27)(H,24,28)/b23-13-. The van der Waals surface area contributed by atoms with E-state index >= 15 is 0 Å². The largest absolute Gasteiger partial charge is 0.490 e. The maximum absolute atomic E-state index is 12.2. The molecule has 1 aromatic rings. The Morgan fingerprint density at radius 2 is 1.87 bits per heavy atom. The van der Waals surface area contributed by atoms with Gasteiger partial charge in [0.1, 0.15) is 0 Å². The molecular formula is C21H30N4O5. The summed E-state index contributed by atoms with van der Waals surface area (Å²) >= 11 is 0. The molecule has 1 fully saturated rings. The molecule has 1 aliphatic heterocycles. The van der Waals surface area contributed by atoms with Crippen LogP contribution in [0.2, 0.25) is 0 Å². The van der Waals surface area contributed by atoms with Gasteiger partial charge in [0.15, 0.2) is 18.1 Å². The number of nitrogens with one attached hydrogen (secondary N) is 2. The van der Waals surface area contributed by atoms with E-state index in [1.807, 2.05) is 20.8 Å². The van der Waals surface area contributed by atoms with Gasteiger partial charge in [0.25, 0.3) is 5.91 Å². The second-order valence-corrected chi connectivity index (χ2v) is 7.32. The molecule has 164 valence electrons. The number of ether oxygens (including phenoxy) is 2. The quantitative estimate of drug-likeness (QED) is 0.357. The van der Waals surface area contributed by atoms with Crippen molar-refractivity contribution in [2.24, 2.45) is 11.0 Å². The number of benzene rings is 1. The first-order valence-corrected chi connectivity index (χ1v) is 10.2. The molecule has 9 heteroatoms. The Bertz CT molecular complexity index is 773. The molecular weight excluding hydrogens is 388 g/mol. The number of carbonyl (C=O) groups is 3. The number of amides is 3. The monoisotopic (exact) mass is 418 g/mol. The predicted octanol–water partition coefficient (Wildman–Crippen LogP) is 1.31. The van der Waals surface area contributed by atoms with Gasteiger partial charge in [0.2, 0.25) is 0 Å². The van der Waals surface area contributed by atoms with Crippen LogP contribution >= 0.6 is 0 Å². The fourth-order valence-corrected chi connectivity index (χ4v) is 2.78. The van der Waals surface area contributed by atoms with Crippen molar-refractivity contribution in [2.75, 3.05) is 32.8 Å². The van der Waals surface area contributed by atoms with Crippen LogP contribution in [-0.2, 0) is 14.4 Å². The summed E-state index contributed by atoms with van der Waals surface area (Å²) in [4.78, 5) is 37.3. The average molecular weight is 418 g/mol. The van der Waals surface area contributed by atoms with Gasteiger partial charge in [-0.2, -0.15) is 5.10 Å². The third kappa shape index (κ3) is 7.38. The molecule has 30 heavy (non-hydrogen) atoms. The Hall–Kier alpha value is -3.10. The first-order chi connectivity index (χ1) is 14.4. The third-order valence-corrected chi connectivity index (χ3v) is 4.33. The number of rotatable bonds is 9. The maximum Gasteiger partial charge on any atom is 0.329 e. The minimum Gasteiger partial charge on any atom is -0.490 e. The van der Waals surface area contributed by atoms with E-state index in [4.69, 9.17) is 9.47 Å². The van der Waals surface area contributed by atoms with E-state index in [-0.39, 0.29) is 18.4 Å². The summed E-state index contributed by atoms with van der Waals surface area (Å²) in [7, 11) is 0. The number of hydrazone groups is 1. The second kappa shape index (κ2) is 11.8. The summed E-state index contributed by atoms with van der Waals surface area (Å²) in [6.45, 7) is 8.04. The van der Waals surface area contributed by atoms with E-state index in [1.165, 1.54) is 6.21 Å². The second-order valence-electron chi connectivity index (χ2n) is 7.32. The lowest BCUT2D eigenvalue weighted by molar-refractivity contribution is -0.139. The molecule has 1 aliphatic rings. The van der Waals surface area contributed by atoms with Gasteiger partial charge in [-0.1, -0.05) is 13.8 Å². The molecule has 0 saturated carbocycles. The summed E-state index contributed by atoms with van der Waals surface area (Å²) < 4.78 is 11.2. The van der Waals surface area contributed by atoms with Crippen LogP contribution in [0.1, 0.15) is 39.2 Å². The third-order valence-electron chi connectivity index (χ3n) is 4.33. The van der Waals surface area contributed by atoms with Gasteiger partial charge in [-0.3, -0.25) is 14.4 Å². The molecule has 1 aromatic carbocycles. The van der Waals surface area contributed by atoms with Gasteiger partial charge >= 0.3 is 11.8 Å². The van der Waals surface area contributed by atoms with Gasteiger partial charge in [0.05, 0.1) is 12.8 Å². The van der Waals surface area contributed by atoms with E-state index in [2.05, 4.69) is 15.8 Å². The zero-order valence-electron chi connectivity index (χ0n) is 17.8. The van der Waals surface area contributed by atoms with E-state index in [0.717, 1.165) is 25.9 Å². The first-order valence-electron chi connectivity index (χ1n) is 10.2. The number of nitrogens with zero attached hydrogens (tertiary/aromatic N) is 2. The topological polar surface area (TPSA) is 109 Å². The van der Waals surface area contributed by atoms with E-state index in [0.29, 0.717) is 30.2 Å². The number of likely N-dealkylation sites (tertiary alicyclic amines) is 1. The van der Waals surface area contributed by atoms with Crippen LogP contribution in [0.25, 0.3) is 0 Å². The molecule has 1 saturated heterocycles. The number of carbonyl (C=O) groups excluding carboxylic acids is 3. The lowest BCUT2D eigenvalue weighted by Crippen LogP contribution is -2.39. The van der Waals surface area contributed by atoms with Gasteiger partial charge in [0, 0.05) is 19.6 Å². The van der Waals surface area contributed by atoms with Gasteiger partial charge in [-0.25, -0.2) is 5.43 Å². The molecule has 0 bridgehead atoms. The predicted molar refractivity (Wildman–Crippen MR) is 113 cm³/mol. The molecule has 1 heterocycles. The minimum atomic E-state index is -0.836. The summed E-state index contributed by atoms with van der Waals surface area (Å²) in [5.74, 6) is -0.442. The lowest BCUT2D eigenvalue weighted by Gasteiger charge is -2.17. The van der Waals surface area contributed by atoms with Crippen molar-refractivity contribution in [3.05, 3.63) is 23.8 Å². The van der Waals surface area contributed by atoms with Crippen molar-refractivity contribution in [1.82, 2.24) is 15.6 Å². The van der Waals surface area contributed by atoms with Crippen LogP contribution in [0.3, 0.4) is 0 Å². The van der Waals surface area contributed by atoms with Crippen LogP contribution < -0.4 is 20.2 Å². The molecule has 0 aromatic heterocycles. The van der Waals surface area contributed by atoms with Crippen LogP contribution in [0.15, 0.2) is 23.3 Å². The highest BCUT2D eigenvalue weighted by atomic mass is 16.5. The summed E-state index contributed by atoms with van der Waals surface area (Å²) in [6, 6.07) is 5.08. The van der Waals surface area contributed by atoms with Crippen LogP contribution in [-0.4, -0.2) is 61.7 Å². The molecule has 0 aliphatic carbocycles. The molecule has 9 nitrogen and oxygen atoms in total. The molecule has 3 amide bonds. The van der Waals surface area contributed by atoms with E-state index in [1.54, 1.807) is 23.1 Å². The Balaban J connectivity index is 1.92. The lowest BCUT2D eigenvalue weighted by atomic mass is 10.2. The van der Waals surface area contributed by atoms with Gasteiger partial charge in [-0.05, 0) is 49.4 Å². The minimum absolute atomic E-state index is 0.0426. The average Bonchev–Trinajstić information content (AvgIpc) is 3.26. The molecule has 0 atom stereocenters. The Morgan fingerprint density at radius 1 is 1.13 bits per heavy atom. The fraction of sp³-hybridized carbons (Fsp3) is 0.524. The Labute approximate surface area is 176 Å². The summed E-state index contributed by atoms with van der Waals surface area (Å²) in [5.41, 5.74) is 2.83. The van der Waals surface area contributed by atoms with Gasteiger partial charge in [-0.15, -0.1) is 0 Å². The summed E-state index contributed by atoms with van der Waals surface area (Å²) in [6.07, 6.45) is 3.45. The van der Waals surface area contributed by atoms with Crippen molar-refractivity contribution in [3.63, 3.8) is 0 Å². The highest BCUT2D eigenvalue weighted by Crippen LogP contribution is 2.28. The summed E-state index contributed by atoms with van der Waals surface area (Å²) in [5, 5.41) is 6.32. The smallest absolute Gasteiger partial charge is 0.329 e. The van der Waals surface area contributed by atoms with E-state index in [9.17, 15) is 14.4 Å². The van der Waals surface area contributed by atoms with Crippen molar-refractivity contribution in [2.45, 2.75) is 33.6 Å². The molecule has 0 spiro atoms. The highest BCUT2D eigenvalue weighted by Gasteiger charge is 2.19. The maximum atomic E-state index is 12.2. The normalized spacial score (nSPS) is 13.5. The van der Waals surface area contributed by atoms with Crippen molar-refractivity contribution in [1.29, 1.82) is 0 Å². The van der Waals surface area contributed by atoms with Crippen LogP contribution in [0, 0.1) is 5.92 Å².